The van der Waals surface area contributed by atoms with Crippen LogP contribution in [0.3, 0.4) is 0 Å². The molecule has 0 saturated heterocycles. The van der Waals surface area contributed by atoms with Gasteiger partial charge in [0.2, 0.25) is 0 Å². The Labute approximate surface area is 89.6 Å². The van der Waals surface area contributed by atoms with E-state index in [0.29, 0.717) is 4.34 Å². The van der Waals surface area contributed by atoms with Crippen molar-refractivity contribution in [1.29, 1.82) is 0 Å². The lowest BCUT2D eigenvalue weighted by Gasteiger charge is -1.92. The van der Waals surface area contributed by atoms with Crippen LogP contribution in [-0.2, 0) is 9.59 Å². The molecule has 0 bridgehead atoms. The number of aliphatic carboxylic acids is 1. The van der Waals surface area contributed by atoms with Gasteiger partial charge in [0.1, 0.15) is 0 Å². The molecule has 3 nitrogen and oxygen atoms in total. The fourth-order valence-electron chi connectivity index (χ4n) is 0.853. The van der Waals surface area contributed by atoms with Crippen LogP contribution in [0.25, 0.3) is 6.08 Å². The Morgan fingerprint density at radius 2 is 2.14 bits per heavy atom. The Morgan fingerprint density at radius 3 is 2.57 bits per heavy atom. The predicted molar refractivity (Wildman–Crippen MR) is 55.6 cm³/mol. The van der Waals surface area contributed by atoms with Gasteiger partial charge in [-0.2, -0.15) is 0 Å². The second-order valence-electron chi connectivity index (χ2n) is 2.60. The zero-order valence-electron chi connectivity index (χ0n) is 7.28. The van der Waals surface area contributed by atoms with E-state index in [1.54, 1.807) is 12.1 Å². The van der Waals surface area contributed by atoms with Crippen molar-refractivity contribution in [1.82, 2.24) is 0 Å². The topological polar surface area (TPSA) is 54.4 Å². The van der Waals surface area contributed by atoms with Crippen LogP contribution in [-0.4, -0.2) is 16.9 Å². The lowest BCUT2D eigenvalue weighted by atomic mass is 10.2. The van der Waals surface area contributed by atoms with Gasteiger partial charge in [-0.1, -0.05) is 11.6 Å². The van der Waals surface area contributed by atoms with Crippen LogP contribution in [0.4, 0.5) is 0 Å². The van der Waals surface area contributed by atoms with Crippen molar-refractivity contribution in [2.45, 2.75) is 6.92 Å². The lowest BCUT2D eigenvalue weighted by molar-refractivity contribution is -0.147. The molecule has 1 rings (SSSR count). The average Bonchev–Trinajstić information content (AvgIpc) is 2.49. The van der Waals surface area contributed by atoms with Gasteiger partial charge in [-0.15, -0.1) is 11.3 Å². The SMILES string of the molecule is CC(=Cc1ccc(Cl)s1)C(=O)C(=O)O. The van der Waals surface area contributed by atoms with E-state index < -0.39 is 11.8 Å². The summed E-state index contributed by atoms with van der Waals surface area (Å²) < 4.78 is 0.604. The number of hydrogen-bond donors (Lipinski definition) is 1. The van der Waals surface area contributed by atoms with Gasteiger partial charge in [-0.05, 0) is 25.1 Å². The van der Waals surface area contributed by atoms with Gasteiger partial charge < -0.3 is 5.11 Å². The molecular formula is C9H7ClO3S. The largest absolute Gasteiger partial charge is 0.475 e. The van der Waals surface area contributed by atoms with Gasteiger partial charge in [0.15, 0.2) is 0 Å². The summed E-state index contributed by atoms with van der Waals surface area (Å²) >= 11 is 6.96. The fourth-order valence-corrected chi connectivity index (χ4v) is 1.92. The van der Waals surface area contributed by atoms with E-state index in [0.717, 1.165) is 4.88 Å². The number of carbonyl (C=O) groups is 2. The van der Waals surface area contributed by atoms with Crippen LogP contribution < -0.4 is 0 Å². The molecule has 1 aromatic heterocycles. The maximum absolute atomic E-state index is 11.0. The van der Waals surface area contributed by atoms with Gasteiger partial charge in [0.05, 0.1) is 4.34 Å². The van der Waals surface area contributed by atoms with E-state index in [1.807, 2.05) is 0 Å². The van der Waals surface area contributed by atoms with Crippen LogP contribution >= 0.6 is 22.9 Å². The monoisotopic (exact) mass is 230 g/mol. The summed E-state index contributed by atoms with van der Waals surface area (Å²) in [7, 11) is 0. The summed E-state index contributed by atoms with van der Waals surface area (Å²) in [4.78, 5) is 22.0. The number of hydrogen-bond acceptors (Lipinski definition) is 3. The van der Waals surface area contributed by atoms with Crippen molar-refractivity contribution in [2.75, 3.05) is 0 Å². The first-order valence-electron chi connectivity index (χ1n) is 3.72. The molecule has 14 heavy (non-hydrogen) atoms. The minimum absolute atomic E-state index is 0.191. The summed E-state index contributed by atoms with van der Waals surface area (Å²) in [5.41, 5.74) is 0.191. The molecule has 0 aliphatic heterocycles. The molecule has 0 fully saturated rings. The summed E-state index contributed by atoms with van der Waals surface area (Å²) in [6, 6.07) is 3.42. The lowest BCUT2D eigenvalue weighted by Crippen LogP contribution is -2.12. The molecule has 0 aliphatic rings. The maximum Gasteiger partial charge on any atom is 0.376 e. The molecular weight excluding hydrogens is 224 g/mol. The third-order valence-corrected chi connectivity index (χ3v) is 2.68. The van der Waals surface area contributed by atoms with E-state index in [4.69, 9.17) is 16.7 Å². The van der Waals surface area contributed by atoms with Crippen LogP contribution in [0.1, 0.15) is 11.8 Å². The number of carbonyl (C=O) groups excluding carboxylic acids is 1. The number of thiophene rings is 1. The summed E-state index contributed by atoms with van der Waals surface area (Å²) in [5, 5.41) is 8.42. The zero-order valence-corrected chi connectivity index (χ0v) is 8.85. The smallest absolute Gasteiger partial charge is 0.376 e. The van der Waals surface area contributed by atoms with Crippen LogP contribution in [0.15, 0.2) is 17.7 Å². The maximum atomic E-state index is 11.0. The Hall–Kier alpha value is -1.13. The Bertz CT molecular complexity index is 406. The van der Waals surface area contributed by atoms with Crippen molar-refractivity contribution >= 4 is 40.8 Å². The predicted octanol–water partition coefficient (Wildman–Crippen LogP) is 2.46. The Balaban J connectivity index is 2.89. The Kier molecular flexibility index (Phi) is 3.43. The highest BCUT2D eigenvalue weighted by Crippen LogP contribution is 2.23. The number of halogens is 1. The minimum Gasteiger partial charge on any atom is -0.475 e. The van der Waals surface area contributed by atoms with Crippen molar-refractivity contribution in [3.8, 4) is 0 Å². The first kappa shape index (κ1) is 10.9. The van der Waals surface area contributed by atoms with Crippen molar-refractivity contribution in [3.05, 3.63) is 26.9 Å². The molecule has 5 heteroatoms. The number of ketones is 1. The fraction of sp³-hybridized carbons (Fsp3) is 0.111. The highest BCUT2D eigenvalue weighted by molar-refractivity contribution is 7.17. The first-order chi connectivity index (χ1) is 6.50. The second-order valence-corrected chi connectivity index (χ2v) is 4.35. The summed E-state index contributed by atoms with van der Waals surface area (Å²) in [6.07, 6.45) is 1.51. The molecule has 1 N–H and O–H groups in total. The van der Waals surface area contributed by atoms with Crippen molar-refractivity contribution in [2.24, 2.45) is 0 Å². The third kappa shape index (κ3) is 2.68. The third-order valence-electron chi connectivity index (χ3n) is 1.51. The molecule has 1 heterocycles. The molecule has 0 unspecified atom stereocenters. The minimum atomic E-state index is -1.44. The summed E-state index contributed by atoms with van der Waals surface area (Å²) in [6.45, 7) is 1.46. The van der Waals surface area contributed by atoms with E-state index in [2.05, 4.69) is 0 Å². The number of rotatable bonds is 3. The second kappa shape index (κ2) is 4.39. The number of Topliss-reactive ketones (excluding diaryl/α,β-unsaturated/α-hetero) is 1. The molecule has 74 valence electrons. The van der Waals surface area contributed by atoms with E-state index in [9.17, 15) is 9.59 Å². The average molecular weight is 231 g/mol. The molecule has 0 saturated carbocycles. The van der Waals surface area contributed by atoms with Gasteiger partial charge >= 0.3 is 5.97 Å². The number of carboxylic acid groups (broad SMARTS) is 1. The van der Waals surface area contributed by atoms with E-state index in [1.165, 1.54) is 24.3 Å². The van der Waals surface area contributed by atoms with E-state index >= 15 is 0 Å². The summed E-state index contributed by atoms with van der Waals surface area (Å²) in [5.74, 6) is -2.34. The van der Waals surface area contributed by atoms with Gasteiger partial charge in [-0.25, -0.2) is 4.79 Å². The van der Waals surface area contributed by atoms with Crippen LogP contribution in [0.2, 0.25) is 4.34 Å². The van der Waals surface area contributed by atoms with Crippen molar-refractivity contribution < 1.29 is 14.7 Å². The van der Waals surface area contributed by atoms with Gasteiger partial charge in [-0.3, -0.25) is 4.79 Å². The van der Waals surface area contributed by atoms with Crippen LogP contribution in [0, 0.1) is 0 Å². The molecule has 0 aliphatic carbocycles. The first-order valence-corrected chi connectivity index (χ1v) is 4.91. The molecule has 0 aromatic carbocycles. The van der Waals surface area contributed by atoms with Gasteiger partial charge in [0, 0.05) is 10.5 Å². The van der Waals surface area contributed by atoms with E-state index in [-0.39, 0.29) is 5.57 Å². The van der Waals surface area contributed by atoms with Crippen molar-refractivity contribution in [3.63, 3.8) is 0 Å². The normalized spacial score (nSPS) is 11.4. The zero-order chi connectivity index (χ0) is 10.7. The van der Waals surface area contributed by atoms with Crippen LogP contribution in [0.5, 0.6) is 0 Å². The molecule has 0 atom stereocenters. The highest BCUT2D eigenvalue weighted by atomic mass is 35.5. The molecule has 1 aromatic rings. The standard InChI is InChI=1S/C9H7ClO3S/c1-5(8(11)9(12)13)4-6-2-3-7(10)14-6/h2-4H,1H3,(H,12,13). The molecule has 0 spiro atoms. The Morgan fingerprint density at radius 1 is 1.50 bits per heavy atom. The van der Waals surface area contributed by atoms with Gasteiger partial charge in [0.25, 0.3) is 5.78 Å². The molecule has 0 radical (unpaired) electrons. The molecule has 0 amide bonds. The number of carboxylic acids is 1. The highest BCUT2D eigenvalue weighted by Gasteiger charge is 2.13. The quantitative estimate of drug-likeness (QED) is 0.641.